The van der Waals surface area contributed by atoms with E-state index < -0.39 is 10.0 Å². The Morgan fingerprint density at radius 3 is 2.21 bits per heavy atom. The van der Waals surface area contributed by atoms with Crippen LogP contribution in [-0.2, 0) is 10.0 Å². The number of hydrogen-bond donors (Lipinski definition) is 1. The number of sulfonamides is 1. The van der Waals surface area contributed by atoms with E-state index in [0.717, 1.165) is 5.69 Å². The molecule has 3 aromatic rings. The molecule has 0 saturated heterocycles. The van der Waals surface area contributed by atoms with Gasteiger partial charge in [0.05, 0.1) is 10.6 Å². The van der Waals surface area contributed by atoms with Gasteiger partial charge in [0, 0.05) is 24.3 Å². The smallest absolute Gasteiger partial charge is 0.255 e. The molecule has 28 heavy (non-hydrogen) atoms. The van der Waals surface area contributed by atoms with Gasteiger partial charge in [-0.1, -0.05) is 13.8 Å². The van der Waals surface area contributed by atoms with Gasteiger partial charge in [-0.15, -0.1) is 0 Å². The second-order valence-corrected chi connectivity index (χ2v) is 7.89. The summed E-state index contributed by atoms with van der Waals surface area (Å²) in [6, 6.07) is 13.1. The van der Waals surface area contributed by atoms with Crippen LogP contribution >= 0.6 is 0 Å². The zero-order chi connectivity index (χ0) is 20.1. The Morgan fingerprint density at radius 2 is 1.68 bits per heavy atom. The number of amides is 1. The van der Waals surface area contributed by atoms with Crippen molar-refractivity contribution in [3.63, 3.8) is 0 Å². The third kappa shape index (κ3) is 4.10. The normalized spacial score (nSPS) is 11.5. The third-order valence-electron chi connectivity index (χ3n) is 4.27. The summed E-state index contributed by atoms with van der Waals surface area (Å²) in [7, 11) is -3.54. The van der Waals surface area contributed by atoms with E-state index in [9.17, 15) is 13.2 Å². The van der Waals surface area contributed by atoms with Crippen molar-refractivity contribution in [3.8, 4) is 5.69 Å². The zero-order valence-electron chi connectivity index (χ0n) is 15.6. The van der Waals surface area contributed by atoms with Crippen molar-refractivity contribution < 1.29 is 13.2 Å². The highest BCUT2D eigenvalue weighted by Gasteiger charge is 2.21. The van der Waals surface area contributed by atoms with Crippen molar-refractivity contribution >= 4 is 21.6 Å². The molecule has 1 N–H and O–H groups in total. The molecule has 0 unspecified atom stereocenters. The highest BCUT2D eigenvalue weighted by molar-refractivity contribution is 7.89. The second kappa shape index (κ2) is 8.32. The summed E-state index contributed by atoms with van der Waals surface area (Å²) in [5.74, 6) is -0.319. The maximum absolute atomic E-state index is 12.5. The van der Waals surface area contributed by atoms with E-state index in [1.165, 1.54) is 34.9 Å². The fourth-order valence-corrected chi connectivity index (χ4v) is 4.19. The second-order valence-electron chi connectivity index (χ2n) is 5.95. The fourth-order valence-electron chi connectivity index (χ4n) is 2.73. The molecular weight excluding hydrogens is 378 g/mol. The lowest BCUT2D eigenvalue weighted by atomic mass is 10.2. The molecule has 0 atom stereocenters. The van der Waals surface area contributed by atoms with Crippen LogP contribution in [0.5, 0.6) is 0 Å². The average Bonchev–Trinajstić information content (AvgIpc) is 3.24. The molecule has 0 radical (unpaired) electrons. The van der Waals surface area contributed by atoms with Crippen LogP contribution in [0, 0.1) is 0 Å². The number of anilines is 1. The first-order valence-corrected chi connectivity index (χ1v) is 10.3. The molecule has 8 nitrogen and oxygen atoms in total. The quantitative estimate of drug-likeness (QED) is 0.658. The Bertz CT molecular complexity index is 1030. The lowest BCUT2D eigenvalue weighted by molar-refractivity contribution is 0.102. The molecule has 0 saturated carbocycles. The van der Waals surface area contributed by atoms with Crippen LogP contribution in [-0.4, -0.2) is 46.5 Å². The largest absolute Gasteiger partial charge is 0.322 e. The first-order valence-electron chi connectivity index (χ1n) is 8.82. The SMILES string of the molecule is CCN(CC)S(=O)(=O)c1ccc(C(=O)Nc2ccc(-n3cncn3)cc2)cc1. The molecule has 0 aliphatic heterocycles. The molecule has 146 valence electrons. The van der Waals surface area contributed by atoms with E-state index in [4.69, 9.17) is 0 Å². The number of benzene rings is 2. The van der Waals surface area contributed by atoms with E-state index >= 15 is 0 Å². The van der Waals surface area contributed by atoms with Crippen LogP contribution in [0.3, 0.4) is 0 Å². The lowest BCUT2D eigenvalue weighted by Gasteiger charge is -2.18. The van der Waals surface area contributed by atoms with Crippen molar-refractivity contribution in [3.05, 3.63) is 66.7 Å². The van der Waals surface area contributed by atoms with Crippen LogP contribution in [0.25, 0.3) is 5.69 Å². The van der Waals surface area contributed by atoms with Gasteiger partial charge in [0.1, 0.15) is 12.7 Å². The summed E-state index contributed by atoms with van der Waals surface area (Å²) in [5, 5.41) is 6.83. The molecule has 0 fully saturated rings. The van der Waals surface area contributed by atoms with Crippen LogP contribution < -0.4 is 5.32 Å². The maximum atomic E-state index is 12.5. The molecule has 0 aliphatic carbocycles. The summed E-state index contributed by atoms with van der Waals surface area (Å²) in [5.41, 5.74) is 1.81. The lowest BCUT2D eigenvalue weighted by Crippen LogP contribution is -2.30. The predicted octanol–water partition coefficient (Wildman–Crippen LogP) is 2.55. The highest BCUT2D eigenvalue weighted by Crippen LogP contribution is 2.18. The Kier molecular flexibility index (Phi) is 5.86. The summed E-state index contributed by atoms with van der Waals surface area (Å²) in [6.07, 6.45) is 3.03. The molecule has 0 bridgehead atoms. The van der Waals surface area contributed by atoms with Gasteiger partial charge in [-0.2, -0.15) is 9.40 Å². The number of hydrogen-bond acceptors (Lipinski definition) is 5. The fraction of sp³-hybridized carbons (Fsp3) is 0.211. The molecule has 0 aliphatic rings. The van der Waals surface area contributed by atoms with Crippen molar-refractivity contribution in [1.82, 2.24) is 19.1 Å². The summed E-state index contributed by atoms with van der Waals surface area (Å²) in [6.45, 7) is 4.37. The van der Waals surface area contributed by atoms with Crippen LogP contribution in [0.2, 0.25) is 0 Å². The van der Waals surface area contributed by atoms with Crippen molar-refractivity contribution in [2.45, 2.75) is 18.7 Å². The monoisotopic (exact) mass is 399 g/mol. The van der Waals surface area contributed by atoms with Gasteiger partial charge in [0.2, 0.25) is 10.0 Å². The number of nitrogens with zero attached hydrogens (tertiary/aromatic N) is 4. The highest BCUT2D eigenvalue weighted by atomic mass is 32.2. The average molecular weight is 399 g/mol. The first kappa shape index (κ1) is 19.7. The topological polar surface area (TPSA) is 97.2 Å². The number of carbonyl (C=O) groups excluding carboxylic acids is 1. The van der Waals surface area contributed by atoms with Gasteiger partial charge in [-0.25, -0.2) is 18.1 Å². The molecule has 9 heteroatoms. The summed E-state index contributed by atoms with van der Waals surface area (Å²) >= 11 is 0. The Balaban J connectivity index is 1.71. The zero-order valence-corrected chi connectivity index (χ0v) is 16.4. The number of carbonyl (C=O) groups is 1. The van der Waals surface area contributed by atoms with E-state index in [2.05, 4.69) is 15.4 Å². The summed E-state index contributed by atoms with van der Waals surface area (Å²) < 4.78 is 28.0. The summed E-state index contributed by atoms with van der Waals surface area (Å²) in [4.78, 5) is 16.5. The number of aromatic nitrogens is 3. The molecule has 2 aromatic carbocycles. The minimum Gasteiger partial charge on any atom is -0.322 e. The molecule has 3 rings (SSSR count). The number of rotatable bonds is 7. The van der Waals surface area contributed by atoms with Crippen LogP contribution in [0.4, 0.5) is 5.69 Å². The van der Waals surface area contributed by atoms with Crippen LogP contribution in [0.1, 0.15) is 24.2 Å². The molecule has 1 aromatic heterocycles. The van der Waals surface area contributed by atoms with Crippen molar-refractivity contribution in [2.75, 3.05) is 18.4 Å². The van der Waals surface area contributed by atoms with E-state index in [1.807, 2.05) is 12.1 Å². The first-order chi connectivity index (χ1) is 13.5. The van der Waals surface area contributed by atoms with Gasteiger partial charge in [0.15, 0.2) is 0 Å². The van der Waals surface area contributed by atoms with E-state index in [-0.39, 0.29) is 10.8 Å². The van der Waals surface area contributed by atoms with Gasteiger partial charge in [0.25, 0.3) is 5.91 Å². The Labute approximate surface area is 163 Å². The number of nitrogens with one attached hydrogen (secondary N) is 1. The molecule has 0 spiro atoms. The maximum Gasteiger partial charge on any atom is 0.255 e. The molecular formula is C19H21N5O3S. The molecule has 1 amide bonds. The Hall–Kier alpha value is -3.04. The van der Waals surface area contributed by atoms with Crippen LogP contribution in [0.15, 0.2) is 66.1 Å². The van der Waals surface area contributed by atoms with Gasteiger partial charge < -0.3 is 5.32 Å². The standard InChI is InChI=1S/C19H21N5O3S/c1-3-23(4-2)28(26,27)18-11-5-15(6-12-18)19(25)22-16-7-9-17(10-8-16)24-14-20-13-21-24/h5-14H,3-4H2,1-2H3,(H,22,25). The Morgan fingerprint density at radius 1 is 1.04 bits per heavy atom. The third-order valence-corrected chi connectivity index (χ3v) is 6.33. The van der Waals surface area contributed by atoms with Gasteiger partial charge >= 0.3 is 0 Å². The van der Waals surface area contributed by atoms with E-state index in [0.29, 0.717) is 24.3 Å². The molecule has 1 heterocycles. The van der Waals surface area contributed by atoms with E-state index in [1.54, 1.807) is 37.0 Å². The minimum absolute atomic E-state index is 0.171. The van der Waals surface area contributed by atoms with Crippen molar-refractivity contribution in [1.29, 1.82) is 0 Å². The minimum atomic E-state index is -3.54. The predicted molar refractivity (Wildman–Crippen MR) is 106 cm³/mol. The van der Waals surface area contributed by atoms with Gasteiger partial charge in [-0.05, 0) is 48.5 Å². The van der Waals surface area contributed by atoms with Gasteiger partial charge in [-0.3, -0.25) is 4.79 Å². The van der Waals surface area contributed by atoms with Crippen molar-refractivity contribution in [2.24, 2.45) is 0 Å².